The molecular weight excluding hydrogens is 204 g/mol. The van der Waals surface area contributed by atoms with E-state index in [1.54, 1.807) is 20.2 Å². The number of aromatic amines is 1. The number of hydrogen-bond donors (Lipinski definition) is 1. The number of nitrogens with one attached hydrogen (secondary N) is 1. The van der Waals surface area contributed by atoms with Crippen LogP contribution in [-0.2, 0) is 6.42 Å². The highest BCUT2D eigenvalue weighted by Gasteiger charge is 2.14. The van der Waals surface area contributed by atoms with E-state index < -0.39 is 0 Å². The van der Waals surface area contributed by atoms with Gasteiger partial charge in [0.05, 0.1) is 0 Å². The van der Waals surface area contributed by atoms with Gasteiger partial charge in [-0.3, -0.25) is 9.59 Å². The van der Waals surface area contributed by atoms with Crippen molar-refractivity contribution in [3.8, 4) is 0 Å². The van der Waals surface area contributed by atoms with E-state index in [-0.39, 0.29) is 17.0 Å². The number of carbonyl (C=O) groups is 1. The number of nitrogens with zero attached hydrogens (tertiary/aromatic N) is 1. The summed E-state index contributed by atoms with van der Waals surface area (Å²) in [7, 11) is 3.28. The van der Waals surface area contributed by atoms with Gasteiger partial charge in [0.25, 0.3) is 11.5 Å². The van der Waals surface area contributed by atoms with Crippen LogP contribution in [0.5, 0.6) is 0 Å². The molecular formula is C12H18N2O2. The molecule has 0 aliphatic heterocycles. The Bertz CT molecular complexity index is 447. The van der Waals surface area contributed by atoms with Crippen LogP contribution in [0.1, 0.15) is 35.0 Å². The van der Waals surface area contributed by atoms with Gasteiger partial charge in [-0.1, -0.05) is 13.3 Å². The quantitative estimate of drug-likeness (QED) is 0.839. The van der Waals surface area contributed by atoms with Gasteiger partial charge in [0.1, 0.15) is 5.56 Å². The van der Waals surface area contributed by atoms with Crippen molar-refractivity contribution >= 4 is 5.91 Å². The zero-order valence-electron chi connectivity index (χ0n) is 10.3. The van der Waals surface area contributed by atoms with Crippen molar-refractivity contribution < 1.29 is 4.79 Å². The lowest BCUT2D eigenvalue weighted by Gasteiger charge is -2.11. The zero-order valence-corrected chi connectivity index (χ0v) is 10.3. The van der Waals surface area contributed by atoms with Crippen molar-refractivity contribution in [3.63, 3.8) is 0 Å². The molecule has 1 aromatic rings. The SMILES string of the molecule is CCCc1cc(C(=O)N(C)C)c(=O)[nH]c1C. The van der Waals surface area contributed by atoms with Crippen molar-refractivity contribution in [2.45, 2.75) is 26.7 Å². The van der Waals surface area contributed by atoms with E-state index >= 15 is 0 Å². The third kappa shape index (κ3) is 2.51. The summed E-state index contributed by atoms with van der Waals surface area (Å²) >= 11 is 0. The molecule has 1 N–H and O–H groups in total. The Kier molecular flexibility index (Phi) is 3.88. The van der Waals surface area contributed by atoms with Crippen LogP contribution >= 0.6 is 0 Å². The van der Waals surface area contributed by atoms with Gasteiger partial charge >= 0.3 is 0 Å². The monoisotopic (exact) mass is 222 g/mol. The number of aryl methyl sites for hydroxylation is 2. The summed E-state index contributed by atoms with van der Waals surface area (Å²) in [4.78, 5) is 27.5. The standard InChI is InChI=1S/C12H18N2O2/c1-5-6-9-7-10(12(16)14(3)4)11(15)13-8(9)2/h7H,5-6H2,1-4H3,(H,13,15). The van der Waals surface area contributed by atoms with Crippen LogP contribution < -0.4 is 5.56 Å². The molecule has 0 saturated carbocycles. The van der Waals surface area contributed by atoms with Crippen molar-refractivity contribution in [2.75, 3.05) is 14.1 Å². The molecule has 4 nitrogen and oxygen atoms in total. The maximum Gasteiger partial charge on any atom is 0.261 e. The normalized spacial score (nSPS) is 10.2. The van der Waals surface area contributed by atoms with E-state index in [2.05, 4.69) is 11.9 Å². The van der Waals surface area contributed by atoms with Crippen LogP contribution in [0, 0.1) is 6.92 Å². The maximum atomic E-state index is 11.7. The molecule has 0 aliphatic carbocycles. The minimum absolute atomic E-state index is 0.221. The summed E-state index contributed by atoms with van der Waals surface area (Å²) in [5.41, 5.74) is 1.80. The molecule has 0 radical (unpaired) electrons. The molecule has 0 aromatic carbocycles. The Hall–Kier alpha value is -1.58. The summed E-state index contributed by atoms with van der Waals surface area (Å²) < 4.78 is 0. The Labute approximate surface area is 95.3 Å². The molecule has 0 saturated heterocycles. The first-order valence-corrected chi connectivity index (χ1v) is 5.41. The largest absolute Gasteiger partial charge is 0.345 e. The minimum Gasteiger partial charge on any atom is -0.345 e. The van der Waals surface area contributed by atoms with Gasteiger partial charge in [-0.15, -0.1) is 0 Å². The van der Waals surface area contributed by atoms with E-state index in [9.17, 15) is 9.59 Å². The van der Waals surface area contributed by atoms with Crippen LogP contribution in [0.25, 0.3) is 0 Å². The summed E-state index contributed by atoms with van der Waals surface area (Å²) in [5, 5.41) is 0. The molecule has 1 amide bonds. The number of pyridine rings is 1. The topological polar surface area (TPSA) is 53.2 Å². The Morgan fingerprint density at radius 3 is 2.56 bits per heavy atom. The molecule has 0 aliphatic rings. The van der Waals surface area contributed by atoms with E-state index in [0.29, 0.717) is 0 Å². The Morgan fingerprint density at radius 1 is 1.44 bits per heavy atom. The van der Waals surface area contributed by atoms with Gasteiger partial charge in [0, 0.05) is 19.8 Å². The predicted molar refractivity (Wildman–Crippen MR) is 63.8 cm³/mol. The van der Waals surface area contributed by atoms with Crippen LogP contribution in [0.15, 0.2) is 10.9 Å². The molecule has 0 fully saturated rings. The number of hydrogen-bond acceptors (Lipinski definition) is 2. The zero-order chi connectivity index (χ0) is 12.3. The summed E-state index contributed by atoms with van der Waals surface area (Å²) in [5.74, 6) is -0.251. The third-order valence-electron chi connectivity index (χ3n) is 2.50. The molecule has 0 atom stereocenters. The lowest BCUT2D eigenvalue weighted by Crippen LogP contribution is -2.29. The van der Waals surface area contributed by atoms with E-state index in [1.807, 2.05) is 6.92 Å². The van der Waals surface area contributed by atoms with Crippen molar-refractivity contribution in [1.82, 2.24) is 9.88 Å². The highest BCUT2D eigenvalue weighted by molar-refractivity contribution is 5.93. The van der Waals surface area contributed by atoms with Crippen LogP contribution in [0.2, 0.25) is 0 Å². The molecule has 0 spiro atoms. The third-order valence-corrected chi connectivity index (χ3v) is 2.50. The van der Waals surface area contributed by atoms with E-state index in [1.165, 1.54) is 4.90 Å². The van der Waals surface area contributed by atoms with Gasteiger partial charge in [-0.05, 0) is 25.0 Å². The van der Waals surface area contributed by atoms with Gasteiger partial charge in [-0.25, -0.2) is 0 Å². The molecule has 4 heteroatoms. The van der Waals surface area contributed by atoms with Gasteiger partial charge in [0.15, 0.2) is 0 Å². The van der Waals surface area contributed by atoms with Crippen molar-refractivity contribution in [2.24, 2.45) is 0 Å². The second-order valence-corrected chi connectivity index (χ2v) is 4.11. The van der Waals surface area contributed by atoms with Crippen LogP contribution in [-0.4, -0.2) is 29.9 Å². The molecule has 16 heavy (non-hydrogen) atoms. The van der Waals surface area contributed by atoms with Crippen LogP contribution in [0.4, 0.5) is 0 Å². The average Bonchev–Trinajstić information content (AvgIpc) is 2.21. The Balaban J connectivity index is 3.25. The fraction of sp³-hybridized carbons (Fsp3) is 0.500. The number of H-pyrrole nitrogens is 1. The lowest BCUT2D eigenvalue weighted by molar-refractivity contribution is 0.0825. The highest BCUT2D eigenvalue weighted by atomic mass is 16.2. The molecule has 0 bridgehead atoms. The maximum absolute atomic E-state index is 11.7. The van der Waals surface area contributed by atoms with Gasteiger partial charge in [0.2, 0.25) is 0 Å². The Morgan fingerprint density at radius 2 is 2.06 bits per heavy atom. The fourth-order valence-corrected chi connectivity index (χ4v) is 1.59. The van der Waals surface area contributed by atoms with E-state index in [0.717, 1.165) is 24.1 Å². The number of carbonyl (C=O) groups excluding carboxylic acids is 1. The first-order valence-electron chi connectivity index (χ1n) is 5.41. The average molecular weight is 222 g/mol. The highest BCUT2D eigenvalue weighted by Crippen LogP contribution is 2.08. The lowest BCUT2D eigenvalue weighted by atomic mass is 10.1. The minimum atomic E-state index is -0.309. The first-order chi connectivity index (χ1) is 7.47. The fourth-order valence-electron chi connectivity index (χ4n) is 1.59. The summed E-state index contributed by atoms with van der Waals surface area (Å²) in [6.45, 7) is 3.92. The molecule has 88 valence electrons. The summed E-state index contributed by atoms with van der Waals surface area (Å²) in [6.07, 6.45) is 1.86. The number of rotatable bonds is 3. The molecule has 1 heterocycles. The smallest absolute Gasteiger partial charge is 0.261 e. The van der Waals surface area contributed by atoms with Crippen molar-refractivity contribution in [3.05, 3.63) is 33.2 Å². The first kappa shape index (κ1) is 12.5. The summed E-state index contributed by atoms with van der Waals surface area (Å²) in [6, 6.07) is 1.71. The second-order valence-electron chi connectivity index (χ2n) is 4.11. The van der Waals surface area contributed by atoms with E-state index in [4.69, 9.17) is 0 Å². The molecule has 1 aromatic heterocycles. The molecule has 0 unspecified atom stereocenters. The van der Waals surface area contributed by atoms with Crippen molar-refractivity contribution in [1.29, 1.82) is 0 Å². The van der Waals surface area contributed by atoms with Gasteiger partial charge < -0.3 is 9.88 Å². The number of amides is 1. The second kappa shape index (κ2) is 4.96. The number of aromatic nitrogens is 1. The van der Waals surface area contributed by atoms with Gasteiger partial charge in [-0.2, -0.15) is 0 Å². The van der Waals surface area contributed by atoms with Crippen LogP contribution in [0.3, 0.4) is 0 Å². The molecule has 1 rings (SSSR count). The predicted octanol–water partition coefficient (Wildman–Crippen LogP) is 1.34.